The fraction of sp³-hybridized carbons (Fsp3) is 1.00. The Hall–Kier alpha value is -0.280. The van der Waals surface area contributed by atoms with Gasteiger partial charge in [0.15, 0.2) is 0 Å². The van der Waals surface area contributed by atoms with Crippen molar-refractivity contribution in [3.8, 4) is 0 Å². The van der Waals surface area contributed by atoms with Gasteiger partial charge in [-0.1, -0.05) is 0 Å². The molecular formula is C15H33NO6. The van der Waals surface area contributed by atoms with Crippen LogP contribution in [-0.4, -0.2) is 92.9 Å². The lowest BCUT2D eigenvalue weighted by Crippen LogP contribution is -2.25. The van der Waals surface area contributed by atoms with Crippen molar-refractivity contribution in [3.05, 3.63) is 0 Å². The summed E-state index contributed by atoms with van der Waals surface area (Å²) < 4.78 is 31.5. The third kappa shape index (κ3) is 19.7. The van der Waals surface area contributed by atoms with Gasteiger partial charge in [0.2, 0.25) is 0 Å². The topological polar surface area (TPSA) is 67.4 Å². The van der Waals surface area contributed by atoms with E-state index in [4.69, 9.17) is 28.4 Å². The molecule has 0 bridgehead atoms. The lowest BCUT2D eigenvalue weighted by Gasteiger charge is -2.08. The Kier molecular flexibility index (Phi) is 20.5. The third-order valence-corrected chi connectivity index (χ3v) is 2.60. The molecule has 134 valence electrons. The van der Waals surface area contributed by atoms with E-state index in [-0.39, 0.29) is 0 Å². The molecule has 0 fully saturated rings. The molecule has 0 spiro atoms. The molecule has 7 heteroatoms. The summed E-state index contributed by atoms with van der Waals surface area (Å²) in [6.45, 7) is 10.6. The smallest absolute Gasteiger partial charge is 0.0701 e. The molecule has 0 aliphatic carbocycles. The Morgan fingerprint density at radius 3 is 1.41 bits per heavy atom. The van der Waals surface area contributed by atoms with Crippen molar-refractivity contribution in [1.29, 1.82) is 0 Å². The van der Waals surface area contributed by atoms with Crippen molar-refractivity contribution in [1.82, 2.24) is 5.32 Å². The molecule has 0 rings (SSSR count). The van der Waals surface area contributed by atoms with Gasteiger partial charge in [-0.15, -0.1) is 0 Å². The van der Waals surface area contributed by atoms with Gasteiger partial charge in [-0.25, -0.2) is 0 Å². The summed E-state index contributed by atoms with van der Waals surface area (Å²) in [5.74, 6) is 0. The highest BCUT2D eigenvalue weighted by atomic mass is 16.5. The number of hydrogen-bond donors (Lipinski definition) is 1. The fourth-order valence-corrected chi connectivity index (χ4v) is 1.46. The van der Waals surface area contributed by atoms with Gasteiger partial charge < -0.3 is 33.7 Å². The molecule has 0 aliphatic rings. The summed E-state index contributed by atoms with van der Waals surface area (Å²) in [5, 5.41) is 3.24. The lowest BCUT2D eigenvalue weighted by molar-refractivity contribution is 0.0163. The van der Waals surface area contributed by atoms with Crippen molar-refractivity contribution < 1.29 is 28.4 Å². The SMILES string of the molecule is CCOCCOCCOCCNCCOCCOCCOC. The average Bonchev–Trinajstić information content (AvgIpc) is 2.54. The molecule has 0 radical (unpaired) electrons. The second kappa shape index (κ2) is 20.7. The number of methoxy groups -OCH3 is 1. The standard InChI is InChI=1S/C15H33NO6/c1-3-18-10-11-22-15-13-20-7-5-16-4-6-19-12-14-21-9-8-17-2/h16H,3-15H2,1-2H3. The Bertz CT molecular complexity index is 177. The summed E-state index contributed by atoms with van der Waals surface area (Å²) in [5.41, 5.74) is 0. The Labute approximate surface area is 134 Å². The van der Waals surface area contributed by atoms with E-state index in [0.29, 0.717) is 66.1 Å². The van der Waals surface area contributed by atoms with Crippen molar-refractivity contribution >= 4 is 0 Å². The van der Waals surface area contributed by atoms with E-state index in [1.165, 1.54) is 0 Å². The van der Waals surface area contributed by atoms with Crippen LogP contribution in [0, 0.1) is 0 Å². The lowest BCUT2D eigenvalue weighted by atomic mass is 10.6. The predicted octanol–water partition coefficient (Wildman–Crippen LogP) is 0.325. The summed E-state index contributed by atoms with van der Waals surface area (Å²) >= 11 is 0. The first-order valence-electron chi connectivity index (χ1n) is 8.00. The van der Waals surface area contributed by atoms with Crippen LogP contribution in [0.25, 0.3) is 0 Å². The van der Waals surface area contributed by atoms with E-state index in [1.807, 2.05) is 6.92 Å². The normalized spacial score (nSPS) is 11.2. The Balaban J connectivity index is 2.91. The van der Waals surface area contributed by atoms with Gasteiger partial charge in [0, 0.05) is 26.8 Å². The van der Waals surface area contributed by atoms with Crippen LogP contribution < -0.4 is 5.32 Å². The largest absolute Gasteiger partial charge is 0.382 e. The van der Waals surface area contributed by atoms with Gasteiger partial charge in [-0.2, -0.15) is 0 Å². The molecule has 0 aromatic carbocycles. The summed E-state index contributed by atoms with van der Waals surface area (Å²) in [4.78, 5) is 0. The van der Waals surface area contributed by atoms with Gasteiger partial charge in [0.05, 0.1) is 66.1 Å². The van der Waals surface area contributed by atoms with E-state index in [2.05, 4.69) is 5.32 Å². The van der Waals surface area contributed by atoms with Crippen molar-refractivity contribution in [2.75, 3.05) is 92.9 Å². The minimum Gasteiger partial charge on any atom is -0.382 e. The van der Waals surface area contributed by atoms with Gasteiger partial charge >= 0.3 is 0 Å². The summed E-state index contributed by atoms with van der Waals surface area (Å²) in [6.07, 6.45) is 0. The molecule has 0 saturated carbocycles. The maximum Gasteiger partial charge on any atom is 0.0701 e. The monoisotopic (exact) mass is 323 g/mol. The maximum absolute atomic E-state index is 5.42. The van der Waals surface area contributed by atoms with Crippen LogP contribution in [-0.2, 0) is 28.4 Å². The summed E-state index contributed by atoms with van der Waals surface area (Å²) in [7, 11) is 1.66. The van der Waals surface area contributed by atoms with Crippen LogP contribution in [0.15, 0.2) is 0 Å². The van der Waals surface area contributed by atoms with Gasteiger partial charge in [0.1, 0.15) is 0 Å². The molecule has 0 saturated heterocycles. The van der Waals surface area contributed by atoms with Gasteiger partial charge in [0.25, 0.3) is 0 Å². The van der Waals surface area contributed by atoms with E-state index < -0.39 is 0 Å². The summed E-state index contributed by atoms with van der Waals surface area (Å²) in [6, 6.07) is 0. The van der Waals surface area contributed by atoms with E-state index in [9.17, 15) is 0 Å². The van der Waals surface area contributed by atoms with Gasteiger partial charge in [-0.05, 0) is 6.92 Å². The average molecular weight is 323 g/mol. The quantitative estimate of drug-likeness (QED) is 0.344. The molecule has 0 atom stereocenters. The van der Waals surface area contributed by atoms with Crippen LogP contribution >= 0.6 is 0 Å². The van der Waals surface area contributed by atoms with E-state index >= 15 is 0 Å². The molecule has 0 amide bonds. The number of rotatable bonds is 19. The molecular weight excluding hydrogens is 290 g/mol. The van der Waals surface area contributed by atoms with Gasteiger partial charge in [-0.3, -0.25) is 0 Å². The first kappa shape index (κ1) is 21.7. The second-order valence-corrected chi connectivity index (χ2v) is 4.39. The van der Waals surface area contributed by atoms with Crippen LogP contribution in [0.4, 0.5) is 0 Å². The van der Waals surface area contributed by atoms with Crippen LogP contribution in [0.1, 0.15) is 6.92 Å². The number of hydrogen-bond acceptors (Lipinski definition) is 7. The second-order valence-electron chi connectivity index (χ2n) is 4.39. The molecule has 0 aliphatic heterocycles. The zero-order chi connectivity index (χ0) is 16.1. The van der Waals surface area contributed by atoms with Crippen LogP contribution in [0.3, 0.4) is 0 Å². The third-order valence-electron chi connectivity index (χ3n) is 2.60. The predicted molar refractivity (Wildman–Crippen MR) is 84.5 cm³/mol. The molecule has 22 heavy (non-hydrogen) atoms. The van der Waals surface area contributed by atoms with Crippen molar-refractivity contribution in [2.24, 2.45) is 0 Å². The Morgan fingerprint density at radius 2 is 0.955 bits per heavy atom. The highest BCUT2D eigenvalue weighted by Crippen LogP contribution is 1.81. The van der Waals surface area contributed by atoms with Crippen molar-refractivity contribution in [3.63, 3.8) is 0 Å². The molecule has 0 heterocycles. The minimum atomic E-state index is 0.607. The molecule has 7 nitrogen and oxygen atoms in total. The molecule has 0 aromatic heterocycles. The Morgan fingerprint density at radius 1 is 0.545 bits per heavy atom. The molecule has 0 unspecified atom stereocenters. The first-order valence-corrected chi connectivity index (χ1v) is 8.00. The fourth-order valence-electron chi connectivity index (χ4n) is 1.46. The van der Waals surface area contributed by atoms with E-state index in [1.54, 1.807) is 7.11 Å². The maximum atomic E-state index is 5.42. The van der Waals surface area contributed by atoms with Crippen LogP contribution in [0.5, 0.6) is 0 Å². The highest BCUT2D eigenvalue weighted by Gasteiger charge is 1.93. The van der Waals surface area contributed by atoms with Crippen molar-refractivity contribution in [2.45, 2.75) is 6.92 Å². The minimum absolute atomic E-state index is 0.607. The zero-order valence-electron chi connectivity index (χ0n) is 14.1. The molecule has 1 N–H and O–H groups in total. The number of nitrogens with one attached hydrogen (secondary N) is 1. The zero-order valence-corrected chi connectivity index (χ0v) is 14.1. The highest BCUT2D eigenvalue weighted by molar-refractivity contribution is 4.45. The number of ether oxygens (including phenoxy) is 6. The first-order chi connectivity index (χ1) is 10.9. The van der Waals surface area contributed by atoms with E-state index in [0.717, 1.165) is 19.7 Å². The van der Waals surface area contributed by atoms with Crippen LogP contribution in [0.2, 0.25) is 0 Å². The molecule has 0 aromatic rings.